The SMILES string of the molecule is CCCCCCC=CC=CCC#CCC#CCCCC(=O)OC. The third-order valence-corrected chi connectivity index (χ3v) is 3.16. The molecule has 0 atom stereocenters. The topological polar surface area (TPSA) is 26.3 Å². The molecule has 0 aromatic heterocycles. The van der Waals surface area contributed by atoms with Gasteiger partial charge in [-0.3, -0.25) is 4.79 Å². The van der Waals surface area contributed by atoms with Crippen molar-refractivity contribution in [2.45, 2.75) is 71.1 Å². The summed E-state index contributed by atoms with van der Waals surface area (Å²) in [7, 11) is 1.40. The monoisotopic (exact) mass is 314 g/mol. The van der Waals surface area contributed by atoms with Crippen molar-refractivity contribution in [2.75, 3.05) is 7.11 Å². The van der Waals surface area contributed by atoms with Gasteiger partial charge in [-0.25, -0.2) is 0 Å². The Bertz CT molecular complexity index is 464. The van der Waals surface area contributed by atoms with E-state index in [1.165, 1.54) is 39.2 Å². The maximum atomic E-state index is 10.9. The highest BCUT2D eigenvalue weighted by molar-refractivity contribution is 5.69. The molecule has 0 aromatic rings. The van der Waals surface area contributed by atoms with Crippen LogP contribution < -0.4 is 0 Å². The number of unbranched alkanes of at least 4 members (excludes halogenated alkanes) is 5. The van der Waals surface area contributed by atoms with Crippen LogP contribution in [0.25, 0.3) is 0 Å². The molecular weight excluding hydrogens is 284 g/mol. The van der Waals surface area contributed by atoms with Gasteiger partial charge in [-0.2, -0.15) is 0 Å². The Hall–Kier alpha value is -1.93. The fraction of sp³-hybridized carbons (Fsp3) is 0.571. The minimum Gasteiger partial charge on any atom is -0.469 e. The standard InChI is InChI=1S/C21H30O2/c1-3-4-5-6-7-8-9-10-11-12-13-14-15-16-17-18-19-20-21(22)23-2/h8-11H,3-7,12,15,18-20H2,1-2H3. The molecule has 0 aliphatic heterocycles. The van der Waals surface area contributed by atoms with Gasteiger partial charge in [-0.05, 0) is 19.3 Å². The number of carbonyl (C=O) groups is 1. The van der Waals surface area contributed by atoms with Crippen LogP contribution in [0.2, 0.25) is 0 Å². The molecule has 0 heterocycles. The Morgan fingerprint density at radius 1 is 0.957 bits per heavy atom. The average Bonchev–Trinajstić information content (AvgIpc) is 2.57. The Labute approximate surface area is 142 Å². The zero-order valence-electron chi connectivity index (χ0n) is 14.7. The first-order valence-electron chi connectivity index (χ1n) is 8.61. The first-order chi connectivity index (χ1) is 11.3. The summed E-state index contributed by atoms with van der Waals surface area (Å²) in [5, 5.41) is 0. The predicted octanol–water partition coefficient (Wildman–Crippen LogP) is 5.20. The molecule has 0 radical (unpaired) electrons. The zero-order chi connectivity index (χ0) is 17.0. The summed E-state index contributed by atoms with van der Waals surface area (Å²) in [6, 6.07) is 0. The summed E-state index contributed by atoms with van der Waals surface area (Å²) in [5.41, 5.74) is 0. The van der Waals surface area contributed by atoms with E-state index in [9.17, 15) is 4.79 Å². The Balaban J connectivity index is 3.53. The van der Waals surface area contributed by atoms with Crippen molar-refractivity contribution < 1.29 is 9.53 Å². The van der Waals surface area contributed by atoms with E-state index < -0.39 is 0 Å². The summed E-state index contributed by atoms with van der Waals surface area (Å²) in [5.74, 6) is 11.9. The molecule has 0 amide bonds. The van der Waals surface area contributed by atoms with Gasteiger partial charge in [0.15, 0.2) is 0 Å². The quantitative estimate of drug-likeness (QED) is 0.240. The molecule has 126 valence electrons. The maximum Gasteiger partial charge on any atom is 0.305 e. The zero-order valence-corrected chi connectivity index (χ0v) is 14.7. The molecule has 0 unspecified atom stereocenters. The second-order valence-corrected chi connectivity index (χ2v) is 5.22. The van der Waals surface area contributed by atoms with Crippen LogP contribution in [-0.4, -0.2) is 13.1 Å². The molecule has 0 aliphatic rings. The fourth-order valence-corrected chi connectivity index (χ4v) is 1.82. The van der Waals surface area contributed by atoms with E-state index in [4.69, 9.17) is 0 Å². The molecule has 0 saturated heterocycles. The van der Waals surface area contributed by atoms with Gasteiger partial charge in [0.1, 0.15) is 0 Å². The molecule has 0 fully saturated rings. The van der Waals surface area contributed by atoms with E-state index in [1.807, 2.05) is 0 Å². The molecule has 0 spiro atoms. The lowest BCUT2D eigenvalue weighted by Gasteiger charge is -1.93. The van der Waals surface area contributed by atoms with Crippen molar-refractivity contribution in [2.24, 2.45) is 0 Å². The summed E-state index contributed by atoms with van der Waals surface area (Å²) < 4.78 is 4.56. The van der Waals surface area contributed by atoms with Crippen molar-refractivity contribution >= 4 is 5.97 Å². The number of methoxy groups -OCH3 is 1. The van der Waals surface area contributed by atoms with E-state index in [-0.39, 0.29) is 5.97 Å². The van der Waals surface area contributed by atoms with Gasteiger partial charge in [0.25, 0.3) is 0 Å². The van der Waals surface area contributed by atoms with Crippen LogP contribution in [0.3, 0.4) is 0 Å². The molecular formula is C21H30O2. The lowest BCUT2D eigenvalue weighted by Crippen LogP contribution is -1.98. The summed E-state index contributed by atoms with van der Waals surface area (Å²) in [6.45, 7) is 2.23. The van der Waals surface area contributed by atoms with Crippen LogP contribution in [0, 0.1) is 23.7 Å². The minimum absolute atomic E-state index is 0.173. The minimum atomic E-state index is -0.173. The third-order valence-electron chi connectivity index (χ3n) is 3.16. The second kappa shape index (κ2) is 18.1. The predicted molar refractivity (Wildman–Crippen MR) is 97.7 cm³/mol. The summed E-state index contributed by atoms with van der Waals surface area (Å²) >= 11 is 0. The highest BCUT2D eigenvalue weighted by Gasteiger charge is 1.96. The van der Waals surface area contributed by atoms with Gasteiger partial charge < -0.3 is 4.74 Å². The fourth-order valence-electron chi connectivity index (χ4n) is 1.82. The summed E-state index contributed by atoms with van der Waals surface area (Å²) in [4.78, 5) is 10.9. The number of hydrogen-bond acceptors (Lipinski definition) is 2. The van der Waals surface area contributed by atoms with Gasteiger partial charge in [0.05, 0.1) is 13.5 Å². The van der Waals surface area contributed by atoms with Crippen LogP contribution in [0.5, 0.6) is 0 Å². The van der Waals surface area contributed by atoms with Gasteiger partial charge in [-0.1, -0.05) is 68.3 Å². The molecule has 0 rings (SSSR count). The average molecular weight is 314 g/mol. The number of ether oxygens (including phenoxy) is 1. The number of allylic oxidation sites excluding steroid dienone is 4. The van der Waals surface area contributed by atoms with E-state index in [0.717, 1.165) is 19.3 Å². The van der Waals surface area contributed by atoms with Gasteiger partial charge in [-0.15, -0.1) is 5.92 Å². The molecule has 0 saturated carbocycles. The Morgan fingerprint density at radius 2 is 1.74 bits per heavy atom. The number of esters is 1. The number of rotatable bonds is 10. The van der Waals surface area contributed by atoms with E-state index in [1.54, 1.807) is 0 Å². The molecule has 0 N–H and O–H groups in total. The lowest BCUT2D eigenvalue weighted by atomic mass is 10.1. The van der Waals surface area contributed by atoms with Gasteiger partial charge in [0, 0.05) is 19.3 Å². The molecule has 0 aromatic carbocycles. The van der Waals surface area contributed by atoms with Crippen LogP contribution in [-0.2, 0) is 9.53 Å². The largest absolute Gasteiger partial charge is 0.469 e. The van der Waals surface area contributed by atoms with Crippen molar-refractivity contribution in [3.05, 3.63) is 24.3 Å². The van der Waals surface area contributed by atoms with Crippen LogP contribution in [0.15, 0.2) is 24.3 Å². The molecule has 0 aliphatic carbocycles. The van der Waals surface area contributed by atoms with Gasteiger partial charge >= 0.3 is 5.97 Å². The third kappa shape index (κ3) is 18.0. The molecule has 2 nitrogen and oxygen atoms in total. The first-order valence-corrected chi connectivity index (χ1v) is 8.61. The Kier molecular flexibility index (Phi) is 16.6. The highest BCUT2D eigenvalue weighted by Crippen LogP contribution is 2.02. The Morgan fingerprint density at radius 3 is 2.52 bits per heavy atom. The molecule has 23 heavy (non-hydrogen) atoms. The van der Waals surface area contributed by atoms with E-state index >= 15 is 0 Å². The van der Waals surface area contributed by atoms with Crippen molar-refractivity contribution in [1.29, 1.82) is 0 Å². The highest BCUT2D eigenvalue weighted by atomic mass is 16.5. The maximum absolute atomic E-state index is 10.9. The van der Waals surface area contributed by atoms with Crippen molar-refractivity contribution in [3.8, 4) is 23.7 Å². The van der Waals surface area contributed by atoms with Gasteiger partial charge in [0.2, 0.25) is 0 Å². The smallest absolute Gasteiger partial charge is 0.305 e. The van der Waals surface area contributed by atoms with Crippen molar-refractivity contribution in [1.82, 2.24) is 0 Å². The number of carbonyl (C=O) groups excluding carboxylic acids is 1. The molecule has 0 bridgehead atoms. The van der Waals surface area contributed by atoms with Crippen molar-refractivity contribution in [3.63, 3.8) is 0 Å². The lowest BCUT2D eigenvalue weighted by molar-refractivity contribution is -0.140. The normalized spacial score (nSPS) is 10.2. The first kappa shape index (κ1) is 21.1. The second-order valence-electron chi connectivity index (χ2n) is 5.22. The molecule has 2 heteroatoms. The summed E-state index contributed by atoms with van der Waals surface area (Å²) in [6.07, 6.45) is 18.2. The van der Waals surface area contributed by atoms with E-state index in [2.05, 4.69) is 59.6 Å². The van der Waals surface area contributed by atoms with Crippen LogP contribution in [0.4, 0.5) is 0 Å². The number of hydrogen-bond donors (Lipinski definition) is 0. The van der Waals surface area contributed by atoms with Crippen LogP contribution in [0.1, 0.15) is 71.1 Å². The van der Waals surface area contributed by atoms with Crippen LogP contribution >= 0.6 is 0 Å². The van der Waals surface area contributed by atoms with E-state index in [0.29, 0.717) is 12.8 Å².